The molecular weight excluding hydrogens is 350 g/mol. The Morgan fingerprint density at radius 2 is 1.82 bits per heavy atom. The fraction of sp³-hybridized carbons (Fsp3) is 0.522. The molecule has 0 aliphatic heterocycles. The van der Waals surface area contributed by atoms with Gasteiger partial charge in [0.2, 0.25) is 5.91 Å². The molecule has 1 aliphatic carbocycles. The van der Waals surface area contributed by atoms with Crippen molar-refractivity contribution in [3.05, 3.63) is 52.8 Å². The van der Waals surface area contributed by atoms with E-state index >= 15 is 0 Å². The van der Waals surface area contributed by atoms with Crippen molar-refractivity contribution >= 4 is 5.91 Å². The quantitative estimate of drug-likeness (QED) is 0.814. The maximum atomic E-state index is 12.6. The Morgan fingerprint density at radius 3 is 2.54 bits per heavy atom. The van der Waals surface area contributed by atoms with Gasteiger partial charge in [0.25, 0.3) is 5.56 Å². The van der Waals surface area contributed by atoms with Crippen LogP contribution in [0.3, 0.4) is 0 Å². The first-order chi connectivity index (χ1) is 13.3. The summed E-state index contributed by atoms with van der Waals surface area (Å²) in [5.41, 5.74) is 1.67. The number of nitrogens with zero attached hydrogens (tertiary/aromatic N) is 2. The highest BCUT2D eigenvalue weighted by Crippen LogP contribution is 2.36. The Labute approximate surface area is 167 Å². The van der Waals surface area contributed by atoms with Crippen molar-refractivity contribution in [1.29, 1.82) is 0 Å². The summed E-state index contributed by atoms with van der Waals surface area (Å²) in [4.78, 5) is 24.7. The second kappa shape index (κ2) is 8.72. The topological polar surface area (TPSA) is 64.0 Å². The molecule has 5 heteroatoms. The smallest absolute Gasteiger partial charge is 0.267 e. The SMILES string of the molecule is CC(C)(C)[C@H]1CCC[C@@H](NC(=O)Cn2nc(-c3ccccc3)ccc2=O)CC1. The van der Waals surface area contributed by atoms with Gasteiger partial charge in [0.1, 0.15) is 6.54 Å². The molecule has 3 rings (SSSR count). The predicted molar refractivity (Wildman–Crippen MR) is 112 cm³/mol. The van der Waals surface area contributed by atoms with Crippen LogP contribution in [0.4, 0.5) is 0 Å². The molecule has 0 bridgehead atoms. The average molecular weight is 382 g/mol. The molecule has 1 aromatic heterocycles. The number of carbonyl (C=O) groups excluding carboxylic acids is 1. The molecule has 0 unspecified atom stereocenters. The number of rotatable bonds is 4. The third-order valence-corrected chi connectivity index (χ3v) is 5.79. The summed E-state index contributed by atoms with van der Waals surface area (Å²) in [6.07, 6.45) is 5.49. The summed E-state index contributed by atoms with van der Waals surface area (Å²) in [7, 11) is 0. The maximum absolute atomic E-state index is 12.6. The molecule has 5 nitrogen and oxygen atoms in total. The van der Waals surface area contributed by atoms with Gasteiger partial charge in [-0.25, -0.2) is 4.68 Å². The standard InChI is InChI=1S/C23H31N3O2/c1-23(2,3)18-10-7-11-19(13-12-18)24-21(27)16-26-22(28)15-14-20(25-26)17-8-5-4-6-9-17/h4-6,8-9,14-15,18-19H,7,10-13,16H2,1-3H3,(H,24,27)/t18-,19+/m0/s1. The van der Waals surface area contributed by atoms with Crippen LogP contribution in [0, 0.1) is 11.3 Å². The third kappa shape index (κ3) is 5.31. The van der Waals surface area contributed by atoms with Gasteiger partial charge in [-0.15, -0.1) is 0 Å². The average Bonchev–Trinajstić information content (AvgIpc) is 2.90. The molecule has 0 saturated heterocycles. The van der Waals surface area contributed by atoms with Crippen molar-refractivity contribution in [2.75, 3.05) is 0 Å². The van der Waals surface area contributed by atoms with Gasteiger partial charge in [0, 0.05) is 17.7 Å². The van der Waals surface area contributed by atoms with E-state index in [1.165, 1.54) is 17.2 Å². The molecule has 2 atom stereocenters. The van der Waals surface area contributed by atoms with E-state index in [9.17, 15) is 9.59 Å². The fourth-order valence-electron chi connectivity index (χ4n) is 4.05. The van der Waals surface area contributed by atoms with E-state index in [1.807, 2.05) is 30.3 Å². The van der Waals surface area contributed by atoms with Crippen LogP contribution in [0.25, 0.3) is 11.3 Å². The predicted octanol–water partition coefficient (Wildman–Crippen LogP) is 4.02. The Kier molecular flexibility index (Phi) is 6.32. The highest BCUT2D eigenvalue weighted by atomic mass is 16.2. The Bertz CT molecular complexity index is 852. The lowest BCUT2D eigenvalue weighted by Gasteiger charge is -2.29. The lowest BCUT2D eigenvalue weighted by molar-refractivity contribution is -0.122. The minimum absolute atomic E-state index is 0.0430. The van der Waals surface area contributed by atoms with Crippen molar-refractivity contribution in [2.24, 2.45) is 11.3 Å². The van der Waals surface area contributed by atoms with Gasteiger partial charge >= 0.3 is 0 Å². The maximum Gasteiger partial charge on any atom is 0.267 e. The van der Waals surface area contributed by atoms with Crippen molar-refractivity contribution in [1.82, 2.24) is 15.1 Å². The molecule has 1 N–H and O–H groups in total. The molecule has 1 heterocycles. The lowest BCUT2D eigenvalue weighted by Crippen LogP contribution is -2.39. The van der Waals surface area contributed by atoms with Crippen LogP contribution in [0.15, 0.2) is 47.3 Å². The van der Waals surface area contributed by atoms with Crippen LogP contribution in [0.5, 0.6) is 0 Å². The van der Waals surface area contributed by atoms with Crippen LogP contribution < -0.4 is 10.9 Å². The van der Waals surface area contributed by atoms with E-state index in [4.69, 9.17) is 0 Å². The van der Waals surface area contributed by atoms with Crippen LogP contribution in [0.2, 0.25) is 0 Å². The molecule has 0 radical (unpaired) electrons. The van der Waals surface area contributed by atoms with Gasteiger partial charge in [-0.05, 0) is 43.1 Å². The monoisotopic (exact) mass is 381 g/mol. The highest BCUT2D eigenvalue weighted by Gasteiger charge is 2.28. The van der Waals surface area contributed by atoms with E-state index < -0.39 is 0 Å². The van der Waals surface area contributed by atoms with E-state index in [0.717, 1.165) is 31.2 Å². The fourth-order valence-corrected chi connectivity index (χ4v) is 4.05. The lowest BCUT2D eigenvalue weighted by atomic mass is 9.76. The number of benzene rings is 1. The Hall–Kier alpha value is -2.43. The minimum Gasteiger partial charge on any atom is -0.352 e. The Balaban J connectivity index is 1.63. The normalized spacial score (nSPS) is 20.4. The number of hydrogen-bond acceptors (Lipinski definition) is 3. The molecule has 0 spiro atoms. The largest absolute Gasteiger partial charge is 0.352 e. The molecular formula is C23H31N3O2. The van der Waals surface area contributed by atoms with Gasteiger partial charge in [-0.3, -0.25) is 9.59 Å². The van der Waals surface area contributed by atoms with Crippen LogP contribution >= 0.6 is 0 Å². The molecule has 28 heavy (non-hydrogen) atoms. The van der Waals surface area contributed by atoms with Gasteiger partial charge in [-0.1, -0.05) is 57.5 Å². The number of carbonyl (C=O) groups is 1. The van der Waals surface area contributed by atoms with E-state index in [0.29, 0.717) is 17.0 Å². The summed E-state index contributed by atoms with van der Waals surface area (Å²) >= 11 is 0. The van der Waals surface area contributed by atoms with Crippen molar-refractivity contribution in [3.63, 3.8) is 0 Å². The molecule has 1 amide bonds. The van der Waals surface area contributed by atoms with Crippen molar-refractivity contribution < 1.29 is 4.79 Å². The number of aromatic nitrogens is 2. The zero-order valence-electron chi connectivity index (χ0n) is 17.1. The molecule has 1 saturated carbocycles. The van der Waals surface area contributed by atoms with Crippen molar-refractivity contribution in [2.45, 2.75) is 65.5 Å². The Morgan fingerprint density at radius 1 is 1.07 bits per heavy atom. The molecule has 150 valence electrons. The second-order valence-corrected chi connectivity index (χ2v) is 8.92. The second-order valence-electron chi connectivity index (χ2n) is 8.92. The number of amides is 1. The summed E-state index contributed by atoms with van der Waals surface area (Å²) in [5, 5.41) is 7.51. The van der Waals surface area contributed by atoms with Crippen LogP contribution in [-0.2, 0) is 11.3 Å². The van der Waals surface area contributed by atoms with Crippen LogP contribution in [-0.4, -0.2) is 21.7 Å². The molecule has 1 fully saturated rings. The van der Waals surface area contributed by atoms with Gasteiger partial charge < -0.3 is 5.32 Å². The van der Waals surface area contributed by atoms with Crippen LogP contribution in [0.1, 0.15) is 52.9 Å². The summed E-state index contributed by atoms with van der Waals surface area (Å²) in [5.74, 6) is 0.556. The first-order valence-corrected chi connectivity index (χ1v) is 10.3. The van der Waals surface area contributed by atoms with E-state index in [2.05, 4.69) is 31.2 Å². The first kappa shape index (κ1) is 20.3. The highest BCUT2D eigenvalue weighted by molar-refractivity contribution is 5.76. The van der Waals surface area contributed by atoms with Crippen molar-refractivity contribution in [3.8, 4) is 11.3 Å². The van der Waals surface area contributed by atoms with E-state index in [-0.39, 0.29) is 24.1 Å². The summed E-state index contributed by atoms with van der Waals surface area (Å²) < 4.78 is 1.26. The molecule has 2 aromatic rings. The molecule has 1 aliphatic rings. The zero-order valence-corrected chi connectivity index (χ0v) is 17.1. The van der Waals surface area contributed by atoms with Gasteiger partial charge in [0.15, 0.2) is 0 Å². The zero-order chi connectivity index (χ0) is 20.1. The number of hydrogen-bond donors (Lipinski definition) is 1. The first-order valence-electron chi connectivity index (χ1n) is 10.3. The van der Waals surface area contributed by atoms with Gasteiger partial charge in [-0.2, -0.15) is 5.10 Å². The number of nitrogens with one attached hydrogen (secondary N) is 1. The van der Waals surface area contributed by atoms with E-state index in [1.54, 1.807) is 6.07 Å². The minimum atomic E-state index is -0.261. The van der Waals surface area contributed by atoms with Gasteiger partial charge in [0.05, 0.1) is 5.69 Å². The third-order valence-electron chi connectivity index (χ3n) is 5.79. The summed E-state index contributed by atoms with van der Waals surface area (Å²) in [6, 6.07) is 13.0. The molecule has 1 aromatic carbocycles. The summed E-state index contributed by atoms with van der Waals surface area (Å²) in [6.45, 7) is 6.86.